The van der Waals surface area contributed by atoms with Gasteiger partial charge in [0.2, 0.25) is 15.8 Å². The van der Waals surface area contributed by atoms with E-state index in [9.17, 15) is 13.2 Å². The topological polar surface area (TPSA) is 111 Å². The lowest BCUT2D eigenvalue weighted by Gasteiger charge is -2.11. The van der Waals surface area contributed by atoms with E-state index in [2.05, 4.69) is 14.9 Å². The highest BCUT2D eigenvalue weighted by Crippen LogP contribution is 2.31. The van der Waals surface area contributed by atoms with Crippen LogP contribution in [0, 0.1) is 0 Å². The van der Waals surface area contributed by atoms with Crippen molar-refractivity contribution in [2.45, 2.75) is 30.4 Å². The number of benzene rings is 1. The molecule has 0 amide bonds. The molecule has 1 N–H and O–H groups in total. The van der Waals surface area contributed by atoms with Gasteiger partial charge in [0.05, 0.1) is 20.5 Å². The summed E-state index contributed by atoms with van der Waals surface area (Å²) in [6, 6.07) is 5.86. The Bertz CT molecular complexity index is 1160. The molecule has 1 fully saturated rings. The molecule has 1 aromatic carbocycles. The first-order valence-corrected chi connectivity index (χ1v) is 11.5. The third-order valence-electron chi connectivity index (χ3n) is 3.97. The van der Waals surface area contributed by atoms with Crippen molar-refractivity contribution in [2.24, 2.45) is 0 Å². The number of halogens is 2. The molecular formula is C17H13Cl2N3O5S2. The Kier molecular flexibility index (Phi) is 5.63. The van der Waals surface area contributed by atoms with Gasteiger partial charge in [-0.05, 0) is 36.4 Å². The number of hydrogen-bond donors (Lipinski definition) is 1. The fraction of sp³-hybridized carbons (Fsp3) is 0.235. The maximum atomic E-state index is 12.5. The van der Waals surface area contributed by atoms with Gasteiger partial charge < -0.3 is 9.26 Å². The standard InChI is InChI=1S/C17H13Cl2N3O5S2/c18-11-7-12(19)14(29(24,25)22-9-3-4-9)6-10(11)17(23)26-8-15-20-16(21-27-15)13-2-1-5-28-13/h1-2,5-7,9,22H,3-4,8H2. The van der Waals surface area contributed by atoms with Crippen molar-refractivity contribution in [3.05, 3.63) is 51.1 Å². The first-order valence-electron chi connectivity index (χ1n) is 8.38. The van der Waals surface area contributed by atoms with Gasteiger partial charge in [-0.3, -0.25) is 0 Å². The predicted octanol–water partition coefficient (Wildman–Crippen LogP) is 3.90. The molecule has 0 aliphatic heterocycles. The van der Waals surface area contributed by atoms with Crippen LogP contribution in [0.2, 0.25) is 10.0 Å². The highest BCUT2D eigenvalue weighted by molar-refractivity contribution is 7.89. The number of ether oxygens (including phenoxy) is 1. The lowest BCUT2D eigenvalue weighted by atomic mass is 10.2. The predicted molar refractivity (Wildman–Crippen MR) is 107 cm³/mol. The van der Waals surface area contributed by atoms with Crippen LogP contribution in [0.5, 0.6) is 0 Å². The molecule has 0 spiro atoms. The second kappa shape index (κ2) is 8.04. The number of thiophene rings is 1. The monoisotopic (exact) mass is 473 g/mol. The van der Waals surface area contributed by atoms with Crippen molar-refractivity contribution in [1.82, 2.24) is 14.9 Å². The summed E-state index contributed by atoms with van der Waals surface area (Å²) >= 11 is 13.5. The van der Waals surface area contributed by atoms with Gasteiger partial charge in [0.15, 0.2) is 6.61 Å². The SMILES string of the molecule is O=C(OCc1nc(-c2cccs2)no1)c1cc(S(=O)(=O)NC2CC2)c(Cl)cc1Cl. The number of carbonyl (C=O) groups is 1. The lowest BCUT2D eigenvalue weighted by Crippen LogP contribution is -2.26. The number of rotatable bonds is 7. The summed E-state index contributed by atoms with van der Waals surface area (Å²) in [6.07, 6.45) is 1.52. The van der Waals surface area contributed by atoms with Crippen LogP contribution in [-0.2, 0) is 21.4 Å². The van der Waals surface area contributed by atoms with E-state index in [1.807, 2.05) is 17.5 Å². The van der Waals surface area contributed by atoms with Crippen molar-refractivity contribution in [1.29, 1.82) is 0 Å². The van der Waals surface area contributed by atoms with Crippen molar-refractivity contribution < 1.29 is 22.5 Å². The molecule has 4 rings (SSSR count). The van der Waals surface area contributed by atoms with Crippen LogP contribution in [0.1, 0.15) is 29.1 Å². The molecule has 0 unspecified atom stereocenters. The molecule has 3 aromatic rings. The molecule has 1 aliphatic rings. The summed E-state index contributed by atoms with van der Waals surface area (Å²) in [7, 11) is -3.88. The molecule has 29 heavy (non-hydrogen) atoms. The average Bonchev–Trinajstić information content (AvgIpc) is 3.12. The van der Waals surface area contributed by atoms with Gasteiger partial charge in [-0.25, -0.2) is 17.9 Å². The number of hydrogen-bond acceptors (Lipinski definition) is 8. The molecule has 0 saturated heterocycles. The molecule has 0 radical (unpaired) electrons. The maximum Gasteiger partial charge on any atom is 0.340 e. The van der Waals surface area contributed by atoms with E-state index in [-0.39, 0.29) is 39.0 Å². The summed E-state index contributed by atoms with van der Waals surface area (Å²) in [4.78, 5) is 17.2. The molecule has 0 bridgehead atoms. The Morgan fingerprint density at radius 2 is 2.10 bits per heavy atom. The van der Waals surface area contributed by atoms with E-state index in [0.29, 0.717) is 5.82 Å². The Morgan fingerprint density at radius 3 is 2.79 bits per heavy atom. The minimum Gasteiger partial charge on any atom is -0.452 e. The highest BCUT2D eigenvalue weighted by Gasteiger charge is 2.30. The minimum absolute atomic E-state index is 0.0322. The van der Waals surface area contributed by atoms with Gasteiger partial charge in [-0.2, -0.15) is 4.98 Å². The molecule has 1 saturated carbocycles. The summed E-state index contributed by atoms with van der Waals surface area (Å²) < 4.78 is 37.6. The van der Waals surface area contributed by atoms with Crippen LogP contribution in [0.15, 0.2) is 39.1 Å². The number of nitrogens with one attached hydrogen (secondary N) is 1. The number of aromatic nitrogens is 2. The van der Waals surface area contributed by atoms with Crippen molar-refractivity contribution in [3.8, 4) is 10.7 Å². The quantitative estimate of drug-likeness (QED) is 0.517. The summed E-state index contributed by atoms with van der Waals surface area (Å²) in [5, 5.41) is 5.57. The maximum absolute atomic E-state index is 12.5. The van der Waals surface area contributed by atoms with Crippen LogP contribution in [0.4, 0.5) is 0 Å². The Morgan fingerprint density at radius 1 is 1.31 bits per heavy atom. The van der Waals surface area contributed by atoms with Gasteiger partial charge in [0.1, 0.15) is 4.90 Å². The van der Waals surface area contributed by atoms with Gasteiger partial charge in [-0.1, -0.05) is 34.4 Å². The van der Waals surface area contributed by atoms with Crippen LogP contribution in [0.3, 0.4) is 0 Å². The molecule has 152 valence electrons. The van der Waals surface area contributed by atoms with Gasteiger partial charge in [0.25, 0.3) is 5.89 Å². The first kappa shape index (κ1) is 20.3. The zero-order valence-corrected chi connectivity index (χ0v) is 17.7. The smallest absolute Gasteiger partial charge is 0.340 e. The summed E-state index contributed by atoms with van der Waals surface area (Å²) in [6.45, 7) is -0.293. The summed E-state index contributed by atoms with van der Waals surface area (Å²) in [5.74, 6) is -0.365. The molecule has 12 heteroatoms. The Hall–Kier alpha value is -1.98. The van der Waals surface area contributed by atoms with Crippen molar-refractivity contribution >= 4 is 50.5 Å². The van der Waals surface area contributed by atoms with Crippen molar-refractivity contribution in [3.63, 3.8) is 0 Å². The van der Waals surface area contributed by atoms with E-state index in [1.54, 1.807) is 0 Å². The fourth-order valence-electron chi connectivity index (χ4n) is 2.40. The number of carbonyl (C=O) groups excluding carboxylic acids is 1. The van der Waals surface area contributed by atoms with E-state index in [1.165, 1.54) is 17.4 Å². The van der Waals surface area contributed by atoms with E-state index in [0.717, 1.165) is 23.8 Å². The third-order valence-corrected chi connectivity index (χ3v) is 7.13. The molecule has 0 atom stereocenters. The molecular weight excluding hydrogens is 461 g/mol. The number of nitrogens with zero attached hydrogens (tertiary/aromatic N) is 2. The minimum atomic E-state index is -3.88. The van der Waals surface area contributed by atoms with Gasteiger partial charge >= 0.3 is 5.97 Å². The lowest BCUT2D eigenvalue weighted by molar-refractivity contribution is 0.0429. The van der Waals surface area contributed by atoms with Crippen LogP contribution < -0.4 is 4.72 Å². The zero-order valence-electron chi connectivity index (χ0n) is 14.6. The largest absolute Gasteiger partial charge is 0.452 e. The second-order valence-corrected chi connectivity index (χ2v) is 9.67. The molecule has 1 aliphatic carbocycles. The summed E-state index contributed by atoms with van der Waals surface area (Å²) in [5.41, 5.74) is -0.134. The first-order chi connectivity index (χ1) is 13.8. The van der Waals surface area contributed by atoms with Crippen LogP contribution in [-0.4, -0.2) is 30.6 Å². The fourth-order valence-corrected chi connectivity index (χ4v) is 5.20. The van der Waals surface area contributed by atoms with E-state index < -0.39 is 16.0 Å². The number of sulfonamides is 1. The van der Waals surface area contributed by atoms with E-state index in [4.69, 9.17) is 32.5 Å². The normalized spacial score (nSPS) is 14.1. The third kappa shape index (κ3) is 4.62. The Balaban J connectivity index is 1.50. The molecule has 8 nitrogen and oxygen atoms in total. The highest BCUT2D eigenvalue weighted by atomic mass is 35.5. The average molecular weight is 474 g/mol. The van der Waals surface area contributed by atoms with Crippen molar-refractivity contribution in [2.75, 3.05) is 0 Å². The molecule has 2 heterocycles. The number of esters is 1. The van der Waals surface area contributed by atoms with Gasteiger partial charge in [-0.15, -0.1) is 11.3 Å². The van der Waals surface area contributed by atoms with Gasteiger partial charge in [0, 0.05) is 6.04 Å². The second-order valence-electron chi connectivity index (χ2n) is 6.22. The van der Waals surface area contributed by atoms with Crippen LogP contribution in [0.25, 0.3) is 10.7 Å². The Labute approximate surface area is 179 Å². The molecule has 2 aromatic heterocycles. The van der Waals surface area contributed by atoms with Crippen LogP contribution >= 0.6 is 34.5 Å². The van der Waals surface area contributed by atoms with E-state index >= 15 is 0 Å². The zero-order chi connectivity index (χ0) is 20.6.